The Labute approximate surface area is 261 Å². The lowest BCUT2D eigenvalue weighted by molar-refractivity contribution is 0.103. The topological polar surface area (TPSA) is 136 Å². The molecule has 0 bridgehead atoms. The number of aromatic nitrogens is 6. The zero-order valence-corrected chi connectivity index (χ0v) is 24.1. The summed E-state index contributed by atoms with van der Waals surface area (Å²) in [6.07, 6.45) is 6.30. The van der Waals surface area contributed by atoms with Crippen molar-refractivity contribution in [3.63, 3.8) is 0 Å². The minimum atomic E-state index is -0.251. The number of aromatic hydroxyl groups is 2. The van der Waals surface area contributed by atoms with Crippen molar-refractivity contribution in [3.8, 4) is 22.9 Å². The molecular formula is C36H24N6O4. The number of carbonyl (C=O) groups excluding carboxylic acids is 2. The predicted molar refractivity (Wildman–Crippen MR) is 174 cm³/mol. The fourth-order valence-corrected chi connectivity index (χ4v) is 4.86. The minimum Gasteiger partial charge on any atom is -0.506 e. The number of hydrogen-bond acceptors (Lipinski definition) is 8. The molecule has 7 aromatic rings. The van der Waals surface area contributed by atoms with Crippen molar-refractivity contribution in [1.29, 1.82) is 0 Å². The van der Waals surface area contributed by atoms with E-state index < -0.39 is 0 Å². The van der Waals surface area contributed by atoms with Gasteiger partial charge in [0.15, 0.2) is 11.6 Å². The summed E-state index contributed by atoms with van der Waals surface area (Å²) in [7, 11) is 0. The van der Waals surface area contributed by atoms with Gasteiger partial charge in [0.25, 0.3) is 0 Å². The van der Waals surface area contributed by atoms with Crippen molar-refractivity contribution >= 4 is 45.8 Å². The number of nitrogens with zero attached hydrogens (tertiary/aromatic N) is 6. The van der Waals surface area contributed by atoms with Crippen LogP contribution in [-0.2, 0) is 0 Å². The maximum Gasteiger partial charge on any atom is 0.185 e. The largest absolute Gasteiger partial charge is 0.506 e. The second-order valence-electron chi connectivity index (χ2n) is 10.4. The van der Waals surface area contributed by atoms with Gasteiger partial charge < -0.3 is 10.2 Å². The average Bonchev–Trinajstić information content (AvgIpc) is 3.71. The number of phenolic OH excluding ortho intramolecular Hbond substituents is 2. The molecule has 0 aliphatic rings. The molecule has 0 aliphatic carbocycles. The maximum absolute atomic E-state index is 13.0. The molecule has 0 saturated heterocycles. The van der Waals surface area contributed by atoms with Crippen LogP contribution in [0.5, 0.6) is 11.5 Å². The van der Waals surface area contributed by atoms with E-state index in [1.165, 1.54) is 33.9 Å². The van der Waals surface area contributed by atoms with E-state index in [2.05, 4.69) is 20.4 Å². The third-order valence-electron chi connectivity index (χ3n) is 7.31. The Morgan fingerprint density at radius 3 is 1.20 bits per heavy atom. The predicted octanol–water partition coefficient (Wildman–Crippen LogP) is 6.36. The second-order valence-corrected chi connectivity index (χ2v) is 10.4. The Morgan fingerprint density at radius 2 is 0.848 bits per heavy atom. The summed E-state index contributed by atoms with van der Waals surface area (Å²) < 4.78 is 0. The van der Waals surface area contributed by atoms with Crippen LogP contribution < -0.4 is 0 Å². The Morgan fingerprint density at radius 1 is 0.500 bits per heavy atom. The normalized spacial score (nSPS) is 11.7. The third kappa shape index (κ3) is 5.65. The van der Waals surface area contributed by atoms with Crippen molar-refractivity contribution in [1.82, 2.24) is 30.0 Å². The molecule has 0 unspecified atom stereocenters. The van der Waals surface area contributed by atoms with Crippen molar-refractivity contribution in [2.24, 2.45) is 0 Å². The van der Waals surface area contributed by atoms with Crippen LogP contribution in [0.3, 0.4) is 0 Å². The Bertz CT molecular complexity index is 2100. The number of fused-ring (bicyclic) bond motifs is 2. The molecule has 0 saturated carbocycles. The standard InChI is InChI=1S/C36H24N6O4/c43-33(25-15-19-35(45)31(21-25)41-37-27-5-1-2-6-28(27)38-41)17-13-23-9-11-24(12-10-23)14-18-34(44)26-16-20-36(46)32(22-26)42-39-29-7-3-4-8-30(29)40-42/h1-22,45-46H/b17-13+,18-14+. The SMILES string of the molecule is O=C(/C=C/c1ccc(/C=C/C(=O)c2ccc(O)c(-n3nc4ccccc4n3)c2)cc1)c1ccc(O)c(-n2nc3ccccc3n2)c1. The highest BCUT2D eigenvalue weighted by Crippen LogP contribution is 2.25. The molecule has 0 aliphatic heterocycles. The second kappa shape index (κ2) is 11.8. The van der Waals surface area contributed by atoms with E-state index in [1.807, 2.05) is 72.8 Å². The fourth-order valence-electron chi connectivity index (χ4n) is 4.86. The molecule has 0 spiro atoms. The summed E-state index contributed by atoms with van der Waals surface area (Å²) >= 11 is 0. The lowest BCUT2D eigenvalue weighted by atomic mass is 10.1. The molecule has 222 valence electrons. The quantitative estimate of drug-likeness (QED) is 0.151. The van der Waals surface area contributed by atoms with E-state index in [9.17, 15) is 19.8 Å². The Hall–Kier alpha value is -6.68. The molecule has 46 heavy (non-hydrogen) atoms. The van der Waals surface area contributed by atoms with Gasteiger partial charge in [0.05, 0.1) is 0 Å². The molecule has 0 atom stereocenters. The lowest BCUT2D eigenvalue weighted by Crippen LogP contribution is -2.02. The number of ketones is 2. The van der Waals surface area contributed by atoms with Crippen LogP contribution in [0.2, 0.25) is 0 Å². The van der Waals surface area contributed by atoms with Crippen LogP contribution in [0, 0.1) is 0 Å². The molecule has 10 heteroatoms. The maximum atomic E-state index is 13.0. The first-order valence-corrected chi connectivity index (χ1v) is 14.3. The van der Waals surface area contributed by atoms with Crippen LogP contribution in [0.4, 0.5) is 0 Å². The monoisotopic (exact) mass is 604 g/mol. The average molecular weight is 605 g/mol. The van der Waals surface area contributed by atoms with E-state index >= 15 is 0 Å². The number of allylic oxidation sites excluding steroid dienone is 2. The van der Waals surface area contributed by atoms with Gasteiger partial charge in [-0.3, -0.25) is 9.59 Å². The molecule has 5 aromatic carbocycles. The van der Waals surface area contributed by atoms with Crippen LogP contribution >= 0.6 is 0 Å². The summed E-state index contributed by atoms with van der Waals surface area (Å²) in [5.41, 5.74) is 5.62. The number of carbonyl (C=O) groups is 2. The highest BCUT2D eigenvalue weighted by molar-refractivity contribution is 6.08. The summed E-state index contributed by atoms with van der Waals surface area (Å²) in [5, 5.41) is 38.3. The molecule has 10 nitrogen and oxygen atoms in total. The van der Waals surface area contributed by atoms with E-state index in [0.717, 1.165) is 11.1 Å². The van der Waals surface area contributed by atoms with Crippen LogP contribution in [0.1, 0.15) is 31.8 Å². The summed E-state index contributed by atoms with van der Waals surface area (Å²) in [5.74, 6) is -0.590. The number of benzene rings is 5. The molecule has 2 heterocycles. The van der Waals surface area contributed by atoms with Crippen molar-refractivity contribution in [3.05, 3.63) is 144 Å². The van der Waals surface area contributed by atoms with Crippen molar-refractivity contribution in [2.75, 3.05) is 0 Å². The van der Waals surface area contributed by atoms with E-state index in [4.69, 9.17) is 0 Å². The highest BCUT2D eigenvalue weighted by Gasteiger charge is 2.14. The minimum absolute atomic E-state index is 0.0441. The molecule has 7 rings (SSSR count). The van der Waals surface area contributed by atoms with Crippen LogP contribution in [0.25, 0.3) is 45.6 Å². The van der Waals surface area contributed by atoms with E-state index in [0.29, 0.717) is 44.6 Å². The van der Waals surface area contributed by atoms with Gasteiger partial charge in [0, 0.05) is 11.1 Å². The fraction of sp³-hybridized carbons (Fsp3) is 0. The Kier molecular flexibility index (Phi) is 7.20. The van der Waals surface area contributed by atoms with Crippen LogP contribution in [0.15, 0.2) is 121 Å². The molecule has 2 N–H and O–H groups in total. The molecular weight excluding hydrogens is 580 g/mol. The van der Waals surface area contributed by atoms with Gasteiger partial charge in [-0.15, -0.1) is 30.0 Å². The van der Waals surface area contributed by atoms with Crippen LogP contribution in [-0.4, -0.2) is 51.8 Å². The smallest absolute Gasteiger partial charge is 0.185 e. The van der Waals surface area contributed by atoms with E-state index in [1.54, 1.807) is 36.4 Å². The zero-order valence-electron chi connectivity index (χ0n) is 24.1. The van der Waals surface area contributed by atoms with Crippen molar-refractivity contribution < 1.29 is 19.8 Å². The Balaban J connectivity index is 1.03. The van der Waals surface area contributed by atoms with Gasteiger partial charge in [-0.25, -0.2) is 0 Å². The lowest BCUT2D eigenvalue weighted by Gasteiger charge is -2.05. The first-order valence-electron chi connectivity index (χ1n) is 14.3. The summed E-state index contributed by atoms with van der Waals surface area (Å²) in [4.78, 5) is 28.5. The summed E-state index contributed by atoms with van der Waals surface area (Å²) in [6.45, 7) is 0. The van der Waals surface area contributed by atoms with Crippen molar-refractivity contribution in [2.45, 2.75) is 0 Å². The van der Waals surface area contributed by atoms with Gasteiger partial charge in [0.1, 0.15) is 44.9 Å². The first-order chi connectivity index (χ1) is 22.4. The van der Waals surface area contributed by atoms with E-state index in [-0.39, 0.29) is 23.1 Å². The molecule has 0 radical (unpaired) electrons. The third-order valence-corrected chi connectivity index (χ3v) is 7.31. The number of phenols is 2. The zero-order chi connectivity index (χ0) is 31.6. The van der Waals surface area contributed by atoms with Gasteiger partial charge in [0.2, 0.25) is 0 Å². The number of rotatable bonds is 8. The number of hydrogen-bond donors (Lipinski definition) is 2. The molecule has 0 amide bonds. The highest BCUT2D eigenvalue weighted by atomic mass is 16.3. The molecule has 0 fully saturated rings. The van der Waals surface area contributed by atoms with Gasteiger partial charge in [-0.2, -0.15) is 0 Å². The van der Waals surface area contributed by atoms with Gasteiger partial charge >= 0.3 is 0 Å². The first kappa shape index (κ1) is 28.1. The summed E-state index contributed by atoms with van der Waals surface area (Å²) in [6, 6.07) is 31.1. The van der Waals surface area contributed by atoms with Gasteiger partial charge in [-0.05, 0) is 83.9 Å². The molecule has 2 aromatic heterocycles. The van der Waals surface area contributed by atoms with Gasteiger partial charge in [-0.1, -0.05) is 60.7 Å².